The molecule has 6 rings (SSSR count). The molecule has 2 atom stereocenters. The topological polar surface area (TPSA) is 110 Å². The number of nitrogens with zero attached hydrogens (tertiary/aromatic N) is 8. The third-order valence-corrected chi connectivity index (χ3v) is 7.43. The average Bonchev–Trinajstić information content (AvgIpc) is 3.64. The fraction of sp³-hybridized carbons (Fsp3) is 0.400. The van der Waals surface area contributed by atoms with E-state index in [1.807, 2.05) is 34.7 Å². The number of aromatic nitrogens is 6. The van der Waals surface area contributed by atoms with Gasteiger partial charge in [0.05, 0.1) is 28.0 Å². The Morgan fingerprint density at radius 3 is 2.81 bits per heavy atom. The highest BCUT2D eigenvalue weighted by Crippen LogP contribution is 2.34. The van der Waals surface area contributed by atoms with Gasteiger partial charge in [0, 0.05) is 43.5 Å². The van der Waals surface area contributed by atoms with Gasteiger partial charge in [0.2, 0.25) is 0 Å². The van der Waals surface area contributed by atoms with Crippen molar-refractivity contribution < 1.29 is 4.79 Å². The van der Waals surface area contributed by atoms with Crippen molar-refractivity contribution in [1.29, 1.82) is 0 Å². The van der Waals surface area contributed by atoms with E-state index in [-0.39, 0.29) is 18.0 Å². The number of benzene rings is 1. The van der Waals surface area contributed by atoms with Crippen LogP contribution in [-0.2, 0) is 0 Å². The van der Waals surface area contributed by atoms with Crippen molar-refractivity contribution in [3.05, 3.63) is 65.0 Å². The summed E-state index contributed by atoms with van der Waals surface area (Å²) < 4.78 is 3.43. The highest BCUT2D eigenvalue weighted by molar-refractivity contribution is 6.34. The number of carbonyl (C=O) groups is 1. The first-order valence-corrected chi connectivity index (χ1v) is 12.7. The number of carbonyl (C=O) groups excluding carboxylic acids is 1. The van der Waals surface area contributed by atoms with Gasteiger partial charge in [0.1, 0.15) is 18.5 Å². The molecule has 2 aliphatic heterocycles. The molecule has 186 valence electrons. The van der Waals surface area contributed by atoms with Gasteiger partial charge < -0.3 is 15.5 Å². The summed E-state index contributed by atoms with van der Waals surface area (Å²) >= 11 is 6.57. The predicted molar refractivity (Wildman–Crippen MR) is 137 cm³/mol. The molecule has 36 heavy (non-hydrogen) atoms. The van der Waals surface area contributed by atoms with E-state index in [4.69, 9.17) is 27.4 Å². The molecule has 2 saturated heterocycles. The van der Waals surface area contributed by atoms with Crippen LogP contribution in [0.15, 0.2) is 43.1 Å². The standard InChI is InChI=1S/C25H28ClN9O/c1-16-12-34-23(30-24(16)32-9-7-17(27)13-32)11-21(31-34)22-4-2-3-8-33(22)25(36)19-6-5-18(10-20(19)26)35-15-28-14-29-35/h5-6,10-12,14-15,17,22H,2-4,7-9,13,27H2,1H3/t17-,22-/m0/s1. The highest BCUT2D eigenvalue weighted by atomic mass is 35.5. The Hall–Kier alpha value is -3.50. The van der Waals surface area contributed by atoms with Crippen molar-refractivity contribution in [2.45, 2.75) is 44.7 Å². The van der Waals surface area contributed by atoms with Gasteiger partial charge in [0.25, 0.3) is 5.91 Å². The Morgan fingerprint density at radius 1 is 1.17 bits per heavy atom. The Kier molecular flexibility index (Phi) is 5.85. The normalized spacial score (nSPS) is 20.4. The first kappa shape index (κ1) is 22.9. The van der Waals surface area contributed by atoms with Crippen LogP contribution in [0.3, 0.4) is 0 Å². The number of rotatable bonds is 4. The van der Waals surface area contributed by atoms with E-state index in [2.05, 4.69) is 15.0 Å². The van der Waals surface area contributed by atoms with Gasteiger partial charge in [-0.25, -0.2) is 19.2 Å². The molecule has 3 aromatic heterocycles. The van der Waals surface area contributed by atoms with Crippen LogP contribution in [0.1, 0.15) is 53.3 Å². The summed E-state index contributed by atoms with van der Waals surface area (Å²) in [5, 5.41) is 9.36. The van der Waals surface area contributed by atoms with E-state index < -0.39 is 0 Å². The Morgan fingerprint density at radius 2 is 2.06 bits per heavy atom. The number of hydrogen-bond donors (Lipinski definition) is 1. The van der Waals surface area contributed by atoms with Crippen LogP contribution in [0.4, 0.5) is 5.82 Å². The van der Waals surface area contributed by atoms with Crippen LogP contribution < -0.4 is 10.6 Å². The number of aryl methyl sites for hydroxylation is 1. The molecular weight excluding hydrogens is 478 g/mol. The van der Waals surface area contributed by atoms with Crippen molar-refractivity contribution in [1.82, 2.24) is 34.3 Å². The van der Waals surface area contributed by atoms with Crippen molar-refractivity contribution in [2.24, 2.45) is 5.73 Å². The number of anilines is 1. The van der Waals surface area contributed by atoms with Gasteiger partial charge in [-0.2, -0.15) is 10.2 Å². The molecule has 0 unspecified atom stereocenters. The molecule has 2 aliphatic rings. The van der Waals surface area contributed by atoms with Gasteiger partial charge in [-0.1, -0.05) is 11.6 Å². The van der Waals surface area contributed by atoms with E-state index in [0.717, 1.165) is 67.2 Å². The number of halogens is 1. The molecule has 2 N–H and O–H groups in total. The molecule has 0 radical (unpaired) electrons. The van der Waals surface area contributed by atoms with Gasteiger partial charge in [-0.05, 0) is 50.8 Å². The molecule has 4 aromatic rings. The number of nitrogens with two attached hydrogens (primary N) is 1. The summed E-state index contributed by atoms with van der Waals surface area (Å²) in [5.74, 6) is 0.862. The average molecular weight is 506 g/mol. The monoisotopic (exact) mass is 505 g/mol. The second-order valence-electron chi connectivity index (χ2n) is 9.63. The largest absolute Gasteiger partial charge is 0.355 e. The Balaban J connectivity index is 1.30. The zero-order valence-electron chi connectivity index (χ0n) is 20.1. The molecule has 1 amide bonds. The van der Waals surface area contributed by atoms with Gasteiger partial charge >= 0.3 is 0 Å². The van der Waals surface area contributed by atoms with Crippen molar-refractivity contribution in [3.8, 4) is 5.69 Å². The Labute approximate surface area is 213 Å². The van der Waals surface area contributed by atoms with E-state index in [1.165, 1.54) is 6.33 Å². The molecule has 2 fully saturated rings. The minimum absolute atomic E-state index is 0.0946. The van der Waals surface area contributed by atoms with Gasteiger partial charge in [0.15, 0.2) is 5.65 Å². The summed E-state index contributed by atoms with van der Waals surface area (Å²) in [6.45, 7) is 4.43. The second kappa shape index (κ2) is 9.18. The smallest absolute Gasteiger partial charge is 0.255 e. The molecule has 1 aromatic carbocycles. The molecule has 10 nitrogen and oxygen atoms in total. The summed E-state index contributed by atoms with van der Waals surface area (Å²) in [6, 6.07) is 7.38. The molecular formula is C25H28ClN9O. The van der Waals surface area contributed by atoms with Crippen LogP contribution >= 0.6 is 11.6 Å². The van der Waals surface area contributed by atoms with Crippen LogP contribution in [0.25, 0.3) is 11.3 Å². The lowest BCUT2D eigenvalue weighted by atomic mass is 9.98. The fourth-order valence-corrected chi connectivity index (χ4v) is 5.54. The lowest BCUT2D eigenvalue weighted by Crippen LogP contribution is -2.38. The number of amides is 1. The number of fused-ring (bicyclic) bond motifs is 1. The van der Waals surface area contributed by atoms with E-state index in [9.17, 15) is 4.79 Å². The number of piperidine rings is 1. The second-order valence-corrected chi connectivity index (χ2v) is 10.0. The molecule has 0 aliphatic carbocycles. The minimum atomic E-state index is -0.136. The first-order chi connectivity index (χ1) is 17.5. The molecule has 0 saturated carbocycles. The minimum Gasteiger partial charge on any atom is -0.355 e. The first-order valence-electron chi connectivity index (χ1n) is 12.3. The molecule has 0 bridgehead atoms. The summed E-state index contributed by atoms with van der Waals surface area (Å²) in [6.07, 6.45) is 8.86. The van der Waals surface area contributed by atoms with Crippen LogP contribution in [0.5, 0.6) is 0 Å². The van der Waals surface area contributed by atoms with E-state index in [0.29, 0.717) is 17.1 Å². The fourth-order valence-electron chi connectivity index (χ4n) is 5.28. The zero-order valence-corrected chi connectivity index (χ0v) is 20.8. The maximum atomic E-state index is 13.7. The Bertz CT molecular complexity index is 1420. The maximum Gasteiger partial charge on any atom is 0.255 e. The summed E-state index contributed by atoms with van der Waals surface area (Å²) in [7, 11) is 0. The van der Waals surface area contributed by atoms with Crippen LogP contribution in [0, 0.1) is 6.92 Å². The van der Waals surface area contributed by atoms with E-state index >= 15 is 0 Å². The third kappa shape index (κ3) is 4.10. The maximum absolute atomic E-state index is 13.7. The SMILES string of the molecule is Cc1cn2nc([C@@H]3CCCCN3C(=O)c3ccc(-n4cncn4)cc3Cl)cc2nc1N1CC[C@H](N)C1. The van der Waals surface area contributed by atoms with E-state index in [1.54, 1.807) is 23.1 Å². The van der Waals surface area contributed by atoms with Crippen LogP contribution in [0.2, 0.25) is 5.02 Å². The number of likely N-dealkylation sites (tertiary alicyclic amines) is 1. The quantitative estimate of drug-likeness (QED) is 0.453. The third-order valence-electron chi connectivity index (χ3n) is 7.12. The van der Waals surface area contributed by atoms with Crippen molar-refractivity contribution in [2.75, 3.05) is 24.5 Å². The predicted octanol–water partition coefficient (Wildman–Crippen LogP) is 3.18. The zero-order chi connectivity index (χ0) is 24.8. The highest BCUT2D eigenvalue weighted by Gasteiger charge is 2.32. The summed E-state index contributed by atoms with van der Waals surface area (Å²) in [5.41, 5.74) is 10.0. The lowest BCUT2D eigenvalue weighted by Gasteiger charge is -2.35. The lowest BCUT2D eigenvalue weighted by molar-refractivity contribution is 0.0606. The molecule has 11 heteroatoms. The van der Waals surface area contributed by atoms with Crippen LogP contribution in [-0.4, -0.2) is 65.8 Å². The summed E-state index contributed by atoms with van der Waals surface area (Å²) in [4.78, 5) is 26.7. The van der Waals surface area contributed by atoms with Gasteiger partial charge in [-0.3, -0.25) is 4.79 Å². The van der Waals surface area contributed by atoms with Crippen molar-refractivity contribution >= 4 is 29.0 Å². The molecule has 0 spiro atoms. The van der Waals surface area contributed by atoms with Gasteiger partial charge in [-0.15, -0.1) is 0 Å². The molecule has 5 heterocycles. The van der Waals surface area contributed by atoms with Crippen molar-refractivity contribution in [3.63, 3.8) is 0 Å². The number of hydrogen-bond acceptors (Lipinski definition) is 7.